The minimum Gasteiger partial charge on any atom is -0.352 e. The van der Waals surface area contributed by atoms with Gasteiger partial charge in [0.15, 0.2) is 0 Å². The molecule has 1 aromatic carbocycles. The molecule has 21 heavy (non-hydrogen) atoms. The number of halogens is 2. The maximum absolute atomic E-state index is 11.9. The van der Waals surface area contributed by atoms with E-state index >= 15 is 0 Å². The van der Waals surface area contributed by atoms with Crippen molar-refractivity contribution < 1.29 is 4.79 Å². The number of piperazine rings is 1. The van der Waals surface area contributed by atoms with Crippen LogP contribution in [-0.4, -0.2) is 43.5 Å². The number of carbonyl (C=O) groups excluding carboxylic acids is 1. The lowest BCUT2D eigenvalue weighted by Gasteiger charge is -2.36. The molecule has 1 aliphatic rings. The molecule has 0 aromatic heterocycles. The van der Waals surface area contributed by atoms with Crippen molar-refractivity contribution in [3.8, 4) is 0 Å². The summed E-state index contributed by atoms with van der Waals surface area (Å²) in [6.45, 7) is 7.00. The summed E-state index contributed by atoms with van der Waals surface area (Å²) in [5.74, 6) is 0.0175. The molecule has 1 heterocycles. The topological polar surface area (TPSA) is 44.4 Å². The lowest BCUT2D eigenvalue weighted by molar-refractivity contribution is -0.122. The quantitative estimate of drug-likeness (QED) is 0.812. The molecule has 1 aliphatic heterocycles. The van der Waals surface area contributed by atoms with Gasteiger partial charge in [0, 0.05) is 37.2 Å². The van der Waals surface area contributed by atoms with Crippen LogP contribution < -0.4 is 10.6 Å². The molecule has 0 spiro atoms. The van der Waals surface area contributed by atoms with Gasteiger partial charge in [-0.1, -0.05) is 35.9 Å². The van der Waals surface area contributed by atoms with Gasteiger partial charge in [0.25, 0.3) is 0 Å². The maximum Gasteiger partial charge on any atom is 0.234 e. The predicted octanol–water partition coefficient (Wildman–Crippen LogP) is 2.01. The van der Waals surface area contributed by atoms with Gasteiger partial charge < -0.3 is 10.6 Å². The summed E-state index contributed by atoms with van der Waals surface area (Å²) in [5.41, 5.74) is 1.07. The highest BCUT2D eigenvalue weighted by Gasteiger charge is 2.26. The van der Waals surface area contributed by atoms with E-state index < -0.39 is 0 Å². The van der Waals surface area contributed by atoms with Gasteiger partial charge in [-0.05, 0) is 11.6 Å². The Morgan fingerprint density at radius 2 is 2.29 bits per heavy atom. The maximum atomic E-state index is 11.9. The van der Waals surface area contributed by atoms with Gasteiger partial charge in [-0.3, -0.25) is 9.69 Å². The zero-order valence-corrected chi connectivity index (χ0v) is 13.4. The average molecular weight is 330 g/mol. The van der Waals surface area contributed by atoms with E-state index in [1.807, 2.05) is 24.3 Å². The molecule has 4 nitrogen and oxygen atoms in total. The molecule has 0 saturated carbocycles. The van der Waals surface area contributed by atoms with Gasteiger partial charge in [-0.2, -0.15) is 0 Å². The molecule has 1 aromatic rings. The molecule has 2 N–H and O–H groups in total. The first kappa shape index (κ1) is 18.0. The number of carbonyl (C=O) groups is 1. The molecule has 1 amide bonds. The van der Waals surface area contributed by atoms with Crippen molar-refractivity contribution in [2.24, 2.45) is 0 Å². The number of nitrogens with one attached hydrogen (secondary N) is 2. The van der Waals surface area contributed by atoms with Crippen molar-refractivity contribution >= 4 is 29.9 Å². The first-order valence-electron chi connectivity index (χ1n) is 6.79. The number of hydrogen-bond donors (Lipinski definition) is 2. The summed E-state index contributed by atoms with van der Waals surface area (Å²) in [7, 11) is 0. The fourth-order valence-electron chi connectivity index (χ4n) is 2.41. The predicted molar refractivity (Wildman–Crippen MR) is 89.1 cm³/mol. The summed E-state index contributed by atoms with van der Waals surface area (Å²) in [6, 6.07) is 7.94. The second-order valence-electron chi connectivity index (χ2n) is 4.80. The van der Waals surface area contributed by atoms with E-state index in [1.54, 1.807) is 6.08 Å². The summed E-state index contributed by atoms with van der Waals surface area (Å²) < 4.78 is 0. The smallest absolute Gasteiger partial charge is 0.234 e. The molecular weight excluding hydrogens is 309 g/mol. The number of nitrogens with zero attached hydrogens (tertiary/aromatic N) is 1. The van der Waals surface area contributed by atoms with Gasteiger partial charge >= 0.3 is 0 Å². The Kier molecular flexibility index (Phi) is 7.75. The standard InChI is InChI=1S/C15H20ClN3O.ClH/c1-2-7-18-15(20)11-19-9-8-17-10-14(19)12-5-3-4-6-13(12)16;/h2-6,14,17H,1,7-11H2,(H,18,20);1H. The minimum atomic E-state index is 0. The van der Waals surface area contributed by atoms with E-state index in [9.17, 15) is 4.79 Å². The van der Waals surface area contributed by atoms with Gasteiger partial charge in [0.05, 0.1) is 6.54 Å². The van der Waals surface area contributed by atoms with Gasteiger partial charge in [-0.15, -0.1) is 19.0 Å². The van der Waals surface area contributed by atoms with Crippen LogP contribution in [0.2, 0.25) is 5.02 Å². The summed E-state index contributed by atoms with van der Waals surface area (Å²) in [6.07, 6.45) is 1.68. The molecule has 1 saturated heterocycles. The Balaban J connectivity index is 0.00000220. The van der Waals surface area contributed by atoms with Crippen molar-refractivity contribution in [1.29, 1.82) is 0 Å². The normalized spacial score (nSPS) is 18.6. The highest BCUT2D eigenvalue weighted by Crippen LogP contribution is 2.28. The fraction of sp³-hybridized carbons (Fsp3) is 0.400. The summed E-state index contributed by atoms with van der Waals surface area (Å²) in [4.78, 5) is 14.0. The third-order valence-electron chi connectivity index (χ3n) is 3.41. The third kappa shape index (κ3) is 5.00. The Bertz CT molecular complexity index is 482. The summed E-state index contributed by atoms with van der Waals surface area (Å²) >= 11 is 6.27. The molecule has 116 valence electrons. The second kappa shape index (κ2) is 9.05. The van der Waals surface area contributed by atoms with E-state index in [2.05, 4.69) is 22.1 Å². The zero-order chi connectivity index (χ0) is 14.4. The molecule has 1 fully saturated rings. The lowest BCUT2D eigenvalue weighted by Crippen LogP contribution is -2.49. The SMILES string of the molecule is C=CCNC(=O)CN1CCNCC1c1ccccc1Cl.Cl. The lowest BCUT2D eigenvalue weighted by atomic mass is 10.0. The Morgan fingerprint density at radius 3 is 3.00 bits per heavy atom. The van der Waals surface area contributed by atoms with Crippen LogP contribution in [-0.2, 0) is 4.79 Å². The Labute approximate surface area is 136 Å². The van der Waals surface area contributed by atoms with Crippen molar-refractivity contribution in [3.63, 3.8) is 0 Å². The van der Waals surface area contributed by atoms with E-state index in [-0.39, 0.29) is 24.4 Å². The van der Waals surface area contributed by atoms with E-state index in [0.29, 0.717) is 13.1 Å². The number of amides is 1. The fourth-order valence-corrected chi connectivity index (χ4v) is 2.68. The third-order valence-corrected chi connectivity index (χ3v) is 3.75. The van der Waals surface area contributed by atoms with Crippen LogP contribution in [0.4, 0.5) is 0 Å². The van der Waals surface area contributed by atoms with Crippen molar-refractivity contribution in [1.82, 2.24) is 15.5 Å². The van der Waals surface area contributed by atoms with Gasteiger partial charge in [0.1, 0.15) is 0 Å². The van der Waals surface area contributed by atoms with Crippen LogP contribution in [0.1, 0.15) is 11.6 Å². The minimum absolute atomic E-state index is 0. The second-order valence-corrected chi connectivity index (χ2v) is 5.21. The van der Waals surface area contributed by atoms with E-state index in [0.717, 1.165) is 30.2 Å². The van der Waals surface area contributed by atoms with Gasteiger partial charge in [-0.25, -0.2) is 0 Å². The molecular formula is C15H21Cl2N3O. The van der Waals surface area contributed by atoms with Crippen molar-refractivity contribution in [2.75, 3.05) is 32.7 Å². The first-order valence-corrected chi connectivity index (χ1v) is 7.17. The monoisotopic (exact) mass is 329 g/mol. The van der Waals surface area contributed by atoms with Crippen molar-refractivity contribution in [2.45, 2.75) is 6.04 Å². The van der Waals surface area contributed by atoms with Crippen LogP contribution in [0.5, 0.6) is 0 Å². The van der Waals surface area contributed by atoms with Crippen LogP contribution in [0.3, 0.4) is 0 Å². The van der Waals surface area contributed by atoms with E-state index in [4.69, 9.17) is 11.6 Å². The van der Waals surface area contributed by atoms with Crippen LogP contribution in [0, 0.1) is 0 Å². The molecule has 0 radical (unpaired) electrons. The van der Waals surface area contributed by atoms with Crippen LogP contribution in [0.15, 0.2) is 36.9 Å². The van der Waals surface area contributed by atoms with Gasteiger partial charge in [0.2, 0.25) is 5.91 Å². The van der Waals surface area contributed by atoms with Crippen LogP contribution >= 0.6 is 24.0 Å². The highest BCUT2D eigenvalue weighted by atomic mass is 35.5. The largest absolute Gasteiger partial charge is 0.352 e. The Morgan fingerprint density at radius 1 is 1.52 bits per heavy atom. The number of rotatable bonds is 5. The van der Waals surface area contributed by atoms with Crippen LogP contribution in [0.25, 0.3) is 0 Å². The zero-order valence-electron chi connectivity index (χ0n) is 11.8. The highest BCUT2D eigenvalue weighted by molar-refractivity contribution is 6.31. The molecule has 0 bridgehead atoms. The molecule has 0 aliphatic carbocycles. The number of benzene rings is 1. The first-order chi connectivity index (χ1) is 9.72. The molecule has 6 heteroatoms. The Hall–Kier alpha value is -1.07. The average Bonchev–Trinajstić information content (AvgIpc) is 2.46. The molecule has 2 rings (SSSR count). The molecule has 1 unspecified atom stereocenters. The summed E-state index contributed by atoms with van der Waals surface area (Å²) in [5, 5.41) is 6.92. The van der Waals surface area contributed by atoms with E-state index in [1.165, 1.54) is 0 Å². The van der Waals surface area contributed by atoms with Crippen molar-refractivity contribution in [3.05, 3.63) is 47.5 Å². The molecule has 1 atom stereocenters. The number of hydrogen-bond acceptors (Lipinski definition) is 3.